The molecule has 2 N–H and O–H groups in total. The number of nitrogens with one attached hydrogen (secondary N) is 1. The fourth-order valence-corrected chi connectivity index (χ4v) is 4.05. The van der Waals surface area contributed by atoms with Gasteiger partial charge in [0.1, 0.15) is 5.69 Å². The van der Waals surface area contributed by atoms with Crippen molar-refractivity contribution in [2.45, 2.75) is 32.4 Å². The van der Waals surface area contributed by atoms with E-state index in [0.29, 0.717) is 37.7 Å². The number of hydrazone groups is 1. The summed E-state index contributed by atoms with van der Waals surface area (Å²) in [5.41, 5.74) is 4.14. The van der Waals surface area contributed by atoms with E-state index in [1.165, 1.54) is 5.01 Å². The minimum Gasteiger partial charge on any atom is -0.378 e. The zero-order valence-electron chi connectivity index (χ0n) is 20.4. The maximum Gasteiger partial charge on any atom is 0.274 e. The Bertz CT molecular complexity index is 1220. The molecule has 1 amide bonds. The van der Waals surface area contributed by atoms with Crippen molar-refractivity contribution < 1.29 is 14.6 Å². The Kier molecular flexibility index (Phi) is 6.87. The molecule has 2 aliphatic rings. The number of anilines is 1. The van der Waals surface area contributed by atoms with E-state index in [4.69, 9.17) is 4.74 Å². The molecule has 1 unspecified atom stereocenters. The predicted octanol–water partition coefficient (Wildman–Crippen LogP) is 2.63. The third kappa shape index (κ3) is 5.19. The van der Waals surface area contributed by atoms with E-state index >= 15 is 0 Å². The van der Waals surface area contributed by atoms with Gasteiger partial charge in [0.25, 0.3) is 5.91 Å². The van der Waals surface area contributed by atoms with Crippen molar-refractivity contribution in [3.63, 3.8) is 0 Å². The summed E-state index contributed by atoms with van der Waals surface area (Å²) >= 11 is 0. The Hall–Kier alpha value is -3.74. The molecule has 0 saturated carbocycles. The highest BCUT2D eigenvalue weighted by Gasteiger charge is 2.28. The number of aliphatic hydroxyl groups excluding tert-OH is 1. The Morgan fingerprint density at radius 3 is 2.71 bits per heavy atom. The topological polar surface area (TPSA) is 114 Å². The van der Waals surface area contributed by atoms with Crippen LogP contribution in [0.4, 0.5) is 5.69 Å². The van der Waals surface area contributed by atoms with Crippen LogP contribution < -0.4 is 5.32 Å². The minimum atomic E-state index is -0.837. The molecule has 1 aromatic carbocycles. The van der Waals surface area contributed by atoms with Gasteiger partial charge in [-0.3, -0.25) is 14.8 Å². The number of likely N-dealkylation sites (N-methyl/N-ethyl adjacent to an activating group) is 1. The highest BCUT2D eigenvalue weighted by atomic mass is 16.5. The summed E-state index contributed by atoms with van der Waals surface area (Å²) in [5, 5.41) is 29.1. The lowest BCUT2D eigenvalue weighted by molar-refractivity contribution is -0.00175. The van der Waals surface area contributed by atoms with Gasteiger partial charge in [0.15, 0.2) is 6.23 Å². The van der Waals surface area contributed by atoms with Gasteiger partial charge in [0.05, 0.1) is 36.1 Å². The molecule has 1 fully saturated rings. The fraction of sp³-hybridized carbons (Fsp3) is 0.385. The summed E-state index contributed by atoms with van der Waals surface area (Å²) in [4.78, 5) is 19.3. The second-order valence-corrected chi connectivity index (χ2v) is 9.25. The van der Waals surface area contributed by atoms with E-state index in [2.05, 4.69) is 26.4 Å². The van der Waals surface area contributed by atoms with Crippen LogP contribution in [-0.2, 0) is 10.2 Å². The van der Waals surface area contributed by atoms with Crippen molar-refractivity contribution in [1.82, 2.24) is 14.9 Å². The fourth-order valence-electron chi connectivity index (χ4n) is 4.05. The highest BCUT2D eigenvalue weighted by Crippen LogP contribution is 2.25. The summed E-state index contributed by atoms with van der Waals surface area (Å²) in [6, 6.07) is 11.3. The lowest BCUT2D eigenvalue weighted by Crippen LogP contribution is -2.45. The van der Waals surface area contributed by atoms with Crippen LogP contribution in [0.15, 0.2) is 53.4 Å². The summed E-state index contributed by atoms with van der Waals surface area (Å²) in [7, 11) is 1.74. The number of aromatic nitrogens is 1. The standard InChI is InChI=1S/C26H30N6O3/c1-17-5-6-19(29-24(33)22-13-18(7-8-28-22)26(2,3)16-27)14-20(17)21-15-23(25(34)31(4)30-21)32-9-11-35-12-10-32/h5-8,13-15,25,34H,9-12H2,1-4H3,(H,29,33). The third-order valence-corrected chi connectivity index (χ3v) is 6.31. The zero-order chi connectivity index (χ0) is 25.2. The zero-order valence-corrected chi connectivity index (χ0v) is 20.4. The van der Waals surface area contributed by atoms with Crippen molar-refractivity contribution >= 4 is 17.3 Å². The lowest BCUT2D eigenvalue weighted by atomic mass is 9.86. The summed E-state index contributed by atoms with van der Waals surface area (Å²) < 4.78 is 5.45. The molecule has 3 heterocycles. The molecule has 0 bridgehead atoms. The van der Waals surface area contributed by atoms with E-state index in [9.17, 15) is 15.2 Å². The number of carbonyl (C=O) groups is 1. The predicted molar refractivity (Wildman–Crippen MR) is 133 cm³/mol. The molecular formula is C26H30N6O3. The molecule has 2 aromatic rings. The SMILES string of the molecule is Cc1ccc(NC(=O)c2cc(C(C)(C)C#N)ccn2)cc1C1=NN(C)C(O)C(N2CCOCC2)=C1. The van der Waals surface area contributed by atoms with Crippen LogP contribution in [0.3, 0.4) is 0 Å². The molecule has 4 rings (SSSR count). The number of morpholine rings is 1. The number of amides is 1. The van der Waals surface area contributed by atoms with Gasteiger partial charge in [0.2, 0.25) is 0 Å². The summed E-state index contributed by atoms with van der Waals surface area (Å²) in [5.74, 6) is -0.363. The van der Waals surface area contributed by atoms with Crippen molar-refractivity contribution in [2.75, 3.05) is 38.7 Å². The van der Waals surface area contributed by atoms with Crippen LogP contribution >= 0.6 is 0 Å². The van der Waals surface area contributed by atoms with Gasteiger partial charge in [-0.05, 0) is 62.2 Å². The van der Waals surface area contributed by atoms with Gasteiger partial charge in [-0.2, -0.15) is 10.4 Å². The molecule has 2 aliphatic heterocycles. The maximum atomic E-state index is 12.9. The minimum absolute atomic E-state index is 0.236. The molecule has 0 spiro atoms. The normalized spacial score (nSPS) is 18.5. The van der Waals surface area contributed by atoms with E-state index < -0.39 is 11.6 Å². The van der Waals surface area contributed by atoms with Crippen LogP contribution in [0.2, 0.25) is 0 Å². The number of allylic oxidation sites excluding steroid dienone is 1. The first kappa shape index (κ1) is 24.4. The van der Waals surface area contributed by atoms with Crippen molar-refractivity contribution in [1.29, 1.82) is 5.26 Å². The number of benzene rings is 1. The third-order valence-electron chi connectivity index (χ3n) is 6.31. The number of pyridine rings is 1. The molecule has 9 nitrogen and oxygen atoms in total. The quantitative estimate of drug-likeness (QED) is 0.685. The Morgan fingerprint density at radius 1 is 1.26 bits per heavy atom. The molecule has 35 heavy (non-hydrogen) atoms. The van der Waals surface area contributed by atoms with E-state index in [1.54, 1.807) is 39.2 Å². The van der Waals surface area contributed by atoms with Gasteiger partial charge >= 0.3 is 0 Å². The number of rotatable bonds is 5. The summed E-state index contributed by atoms with van der Waals surface area (Å²) in [6.45, 7) is 8.21. The van der Waals surface area contributed by atoms with E-state index in [-0.39, 0.29) is 11.6 Å². The largest absolute Gasteiger partial charge is 0.378 e. The second-order valence-electron chi connectivity index (χ2n) is 9.25. The Labute approximate surface area is 205 Å². The first-order valence-corrected chi connectivity index (χ1v) is 11.5. The van der Waals surface area contributed by atoms with Gasteiger partial charge < -0.3 is 20.1 Å². The average Bonchev–Trinajstić information content (AvgIpc) is 2.87. The lowest BCUT2D eigenvalue weighted by Gasteiger charge is -2.37. The van der Waals surface area contributed by atoms with Gasteiger partial charge in [-0.15, -0.1) is 0 Å². The monoisotopic (exact) mass is 474 g/mol. The van der Waals surface area contributed by atoms with Crippen LogP contribution in [0.5, 0.6) is 0 Å². The van der Waals surface area contributed by atoms with Crippen LogP contribution in [-0.4, -0.2) is 71.2 Å². The molecule has 1 atom stereocenters. The highest BCUT2D eigenvalue weighted by molar-refractivity contribution is 6.11. The van der Waals surface area contributed by atoms with E-state index in [1.807, 2.05) is 31.2 Å². The van der Waals surface area contributed by atoms with Crippen molar-refractivity contribution in [3.05, 3.63) is 70.7 Å². The number of aliphatic hydroxyl groups is 1. The van der Waals surface area contributed by atoms with Gasteiger partial charge in [0, 0.05) is 37.6 Å². The second kappa shape index (κ2) is 9.86. The average molecular weight is 475 g/mol. The first-order chi connectivity index (χ1) is 16.7. The van der Waals surface area contributed by atoms with Crippen molar-refractivity contribution in [3.8, 4) is 6.07 Å². The molecule has 0 aliphatic carbocycles. The smallest absolute Gasteiger partial charge is 0.274 e. The van der Waals surface area contributed by atoms with Crippen LogP contribution in [0.25, 0.3) is 0 Å². The molecule has 9 heteroatoms. The number of carbonyl (C=O) groups excluding carboxylic acids is 1. The summed E-state index contributed by atoms with van der Waals surface area (Å²) in [6.07, 6.45) is 2.61. The van der Waals surface area contributed by atoms with Crippen molar-refractivity contribution in [2.24, 2.45) is 5.10 Å². The number of hydrogen-bond acceptors (Lipinski definition) is 8. The number of nitrogens with zero attached hydrogens (tertiary/aromatic N) is 5. The number of nitriles is 1. The van der Waals surface area contributed by atoms with E-state index in [0.717, 1.165) is 22.4 Å². The molecule has 1 aromatic heterocycles. The van der Waals surface area contributed by atoms with Crippen LogP contribution in [0, 0.1) is 18.3 Å². The Balaban J connectivity index is 1.60. The molecule has 0 radical (unpaired) electrons. The number of ether oxygens (including phenoxy) is 1. The number of hydrogen-bond donors (Lipinski definition) is 2. The number of aryl methyl sites for hydroxylation is 1. The first-order valence-electron chi connectivity index (χ1n) is 11.5. The molecule has 182 valence electrons. The van der Waals surface area contributed by atoms with Gasteiger partial charge in [-0.25, -0.2) is 0 Å². The molecular weight excluding hydrogens is 444 g/mol. The van der Waals surface area contributed by atoms with Gasteiger partial charge in [-0.1, -0.05) is 6.07 Å². The van der Waals surface area contributed by atoms with Crippen LogP contribution in [0.1, 0.15) is 41.0 Å². The molecule has 1 saturated heterocycles. The Morgan fingerprint density at radius 2 is 2.00 bits per heavy atom. The maximum absolute atomic E-state index is 12.9.